The van der Waals surface area contributed by atoms with Crippen LogP contribution in [0.2, 0.25) is 5.02 Å². The molecule has 2 saturated carbocycles. The molecule has 0 radical (unpaired) electrons. The quantitative estimate of drug-likeness (QED) is 0.110. The van der Waals surface area contributed by atoms with Crippen LogP contribution in [0.3, 0.4) is 0 Å². The number of carbonyl (C=O) groups excluding carboxylic acids is 3. The van der Waals surface area contributed by atoms with Crippen molar-refractivity contribution in [1.29, 1.82) is 0 Å². The van der Waals surface area contributed by atoms with Crippen LogP contribution in [-0.4, -0.2) is 76.9 Å². The molecule has 0 spiro atoms. The highest BCUT2D eigenvalue weighted by Crippen LogP contribution is 2.57. The number of rotatable bonds is 14. The Labute approximate surface area is 350 Å². The summed E-state index contributed by atoms with van der Waals surface area (Å²) in [6.07, 6.45) is 3.96. The van der Waals surface area contributed by atoms with Gasteiger partial charge in [-0.1, -0.05) is 50.6 Å². The van der Waals surface area contributed by atoms with E-state index in [1.165, 1.54) is 11.3 Å². The van der Waals surface area contributed by atoms with Crippen LogP contribution in [0.4, 0.5) is 0 Å². The lowest BCUT2D eigenvalue weighted by Crippen LogP contribution is -2.48. The van der Waals surface area contributed by atoms with E-state index in [2.05, 4.69) is 16.3 Å². The van der Waals surface area contributed by atoms with Gasteiger partial charge in [0.05, 0.1) is 51.8 Å². The second-order valence-electron chi connectivity index (χ2n) is 16.6. The summed E-state index contributed by atoms with van der Waals surface area (Å²) in [5.41, 5.74) is -0.174. The lowest BCUT2D eigenvalue weighted by atomic mass is 9.77. The number of ether oxygens (including phenoxy) is 2. The lowest BCUT2D eigenvalue weighted by molar-refractivity contribution is -0.144. The van der Waals surface area contributed by atoms with Gasteiger partial charge in [-0.3, -0.25) is 19.1 Å². The first-order valence-electron chi connectivity index (χ1n) is 19.2. The number of nitrogens with one attached hydrogen (secondary N) is 1. The number of hydrogen-bond acceptors (Lipinski definition) is 12. The monoisotopic (exact) mass is 861 g/mol. The standard InChI is InChI=1S/C42H44ClN5O7S3/c1-6-23-18-42(23,40(51)47-58(52,53)26-12-13-26)19-33(49)32-16-25(55-37-28-15-24(43)11-14-27(28)34(54-5)20-44-37)21-48(32)39(50)29(41(2,3)4)17-36-45-31(22-56-36)38-46-30-9-7-8-10-35(30)57-38/h6-11,14-15,20,22-23,25-26,29,32H,1,12-13,16-19,21H2,2-5H3,(H,47,51)/t23-,25-,29-,32+,42-/m1/s1. The van der Waals surface area contributed by atoms with Gasteiger partial charge >= 0.3 is 0 Å². The number of halogens is 1. The van der Waals surface area contributed by atoms with Gasteiger partial charge in [0.1, 0.15) is 22.6 Å². The zero-order valence-corrected chi connectivity index (χ0v) is 35.8. The van der Waals surface area contributed by atoms with E-state index in [-0.39, 0.29) is 49.3 Å². The molecule has 4 heterocycles. The predicted octanol–water partition coefficient (Wildman–Crippen LogP) is 7.64. The number of hydrogen-bond donors (Lipinski definition) is 1. The number of nitrogens with zero attached hydrogens (tertiary/aromatic N) is 4. The summed E-state index contributed by atoms with van der Waals surface area (Å²) in [5, 5.41) is 4.74. The number of allylic oxidation sites excluding steroid dienone is 1. The van der Waals surface area contributed by atoms with Crippen LogP contribution in [0.1, 0.15) is 57.9 Å². The molecule has 0 unspecified atom stereocenters. The number of aromatic nitrogens is 3. The zero-order chi connectivity index (χ0) is 41.1. The van der Waals surface area contributed by atoms with Crippen LogP contribution in [0, 0.1) is 22.7 Å². The van der Waals surface area contributed by atoms with Gasteiger partial charge in [0.2, 0.25) is 27.7 Å². The van der Waals surface area contributed by atoms with Gasteiger partial charge in [0.15, 0.2) is 5.78 Å². The molecule has 12 nitrogen and oxygen atoms in total. The van der Waals surface area contributed by atoms with Crippen LogP contribution in [0.15, 0.2) is 66.7 Å². The second kappa shape index (κ2) is 15.3. The average molecular weight is 862 g/mol. The fraction of sp³-hybridized carbons (Fsp3) is 0.429. The second-order valence-corrected chi connectivity index (χ2v) is 20.9. The molecular formula is C42H44ClN5O7S3. The molecule has 3 aliphatic rings. The molecule has 1 aliphatic heterocycles. The smallest absolute Gasteiger partial charge is 0.240 e. The molecule has 3 fully saturated rings. The van der Waals surface area contributed by atoms with Crippen molar-refractivity contribution in [2.24, 2.45) is 22.7 Å². The molecule has 5 aromatic rings. The minimum Gasteiger partial charge on any atom is -0.494 e. The molecule has 304 valence electrons. The Morgan fingerprint density at radius 2 is 1.91 bits per heavy atom. The third kappa shape index (κ3) is 7.85. The number of para-hydroxylation sites is 1. The molecule has 3 aromatic heterocycles. The van der Waals surface area contributed by atoms with Gasteiger partial charge in [0.25, 0.3) is 0 Å². The number of Topliss-reactive ketones (excluding diaryl/α,β-unsaturated/α-hetero) is 1. The third-order valence-electron chi connectivity index (χ3n) is 11.5. The summed E-state index contributed by atoms with van der Waals surface area (Å²) < 4.78 is 41.0. The van der Waals surface area contributed by atoms with Crippen molar-refractivity contribution >= 4 is 82.9 Å². The molecule has 2 aromatic carbocycles. The maximum absolute atomic E-state index is 15.0. The molecule has 1 N–H and O–H groups in total. The van der Waals surface area contributed by atoms with E-state index in [9.17, 15) is 18.0 Å². The Balaban J connectivity index is 1.09. The number of benzene rings is 2. The maximum Gasteiger partial charge on any atom is 0.240 e. The average Bonchev–Trinajstić information content (AvgIpc) is 4.00. The van der Waals surface area contributed by atoms with Crippen molar-refractivity contribution < 1.29 is 32.3 Å². The van der Waals surface area contributed by atoms with Crippen LogP contribution in [-0.2, 0) is 30.8 Å². The first-order valence-corrected chi connectivity index (χ1v) is 22.8. The van der Waals surface area contributed by atoms with E-state index in [0.29, 0.717) is 35.4 Å². The van der Waals surface area contributed by atoms with Gasteiger partial charge in [0, 0.05) is 46.4 Å². The van der Waals surface area contributed by atoms with Crippen LogP contribution < -0.4 is 14.2 Å². The molecule has 2 amide bonds. The number of pyridine rings is 1. The molecule has 2 aliphatic carbocycles. The maximum atomic E-state index is 15.0. The molecule has 0 bridgehead atoms. The van der Waals surface area contributed by atoms with E-state index < -0.39 is 50.1 Å². The Hall–Kier alpha value is -4.44. The topological polar surface area (TPSA) is 158 Å². The molecular weight excluding hydrogens is 818 g/mol. The first kappa shape index (κ1) is 40.3. The molecule has 5 atom stereocenters. The lowest BCUT2D eigenvalue weighted by Gasteiger charge is -2.35. The highest BCUT2D eigenvalue weighted by atomic mass is 35.5. The zero-order valence-electron chi connectivity index (χ0n) is 32.6. The minimum atomic E-state index is -3.85. The van der Waals surface area contributed by atoms with Gasteiger partial charge in [-0.15, -0.1) is 29.3 Å². The van der Waals surface area contributed by atoms with Crippen LogP contribution in [0.25, 0.3) is 31.7 Å². The molecule has 1 saturated heterocycles. The SMILES string of the molecule is C=C[C@@H]1C[C@]1(CC(=O)[C@@H]1C[C@@H](Oc2ncc(OC)c3ccc(Cl)cc23)CN1C(=O)[C@@H](Cc1nc(-c2nc3ccccc3s2)cs1)C(C)(C)C)C(=O)NS(=O)(=O)C1CC1. The van der Waals surface area contributed by atoms with Crippen molar-refractivity contribution in [1.82, 2.24) is 24.6 Å². The number of carbonyl (C=O) groups is 3. The van der Waals surface area contributed by atoms with Gasteiger partial charge < -0.3 is 14.4 Å². The van der Waals surface area contributed by atoms with Crippen LogP contribution >= 0.6 is 34.3 Å². The normalized spacial score (nSPS) is 22.5. The summed E-state index contributed by atoms with van der Waals surface area (Å²) in [4.78, 5) is 59.1. The largest absolute Gasteiger partial charge is 0.494 e. The fourth-order valence-electron chi connectivity index (χ4n) is 7.94. The highest BCUT2D eigenvalue weighted by Gasteiger charge is 2.61. The summed E-state index contributed by atoms with van der Waals surface area (Å²) in [7, 11) is -2.31. The summed E-state index contributed by atoms with van der Waals surface area (Å²) >= 11 is 9.43. The Bertz CT molecular complexity index is 2530. The molecule has 58 heavy (non-hydrogen) atoms. The Morgan fingerprint density at radius 1 is 1.14 bits per heavy atom. The number of ketones is 1. The van der Waals surface area contributed by atoms with Crippen molar-refractivity contribution in [2.75, 3.05) is 13.7 Å². The number of fused-ring (bicyclic) bond motifs is 2. The van der Waals surface area contributed by atoms with E-state index in [1.807, 2.05) is 56.5 Å². The number of methoxy groups -OCH3 is 1. The van der Waals surface area contributed by atoms with E-state index in [4.69, 9.17) is 31.0 Å². The Morgan fingerprint density at radius 3 is 2.60 bits per heavy atom. The van der Waals surface area contributed by atoms with E-state index in [1.54, 1.807) is 47.8 Å². The number of amides is 2. The van der Waals surface area contributed by atoms with Gasteiger partial charge in [-0.05, 0) is 60.9 Å². The first-order chi connectivity index (χ1) is 27.6. The summed E-state index contributed by atoms with van der Waals surface area (Å²) in [5.74, 6) is -1.46. The number of thiazole rings is 2. The summed E-state index contributed by atoms with van der Waals surface area (Å²) in [6.45, 7) is 9.92. The van der Waals surface area contributed by atoms with Crippen molar-refractivity contribution in [3.63, 3.8) is 0 Å². The molecule has 8 rings (SSSR count). The van der Waals surface area contributed by atoms with Gasteiger partial charge in [-0.2, -0.15) is 0 Å². The number of sulfonamides is 1. The van der Waals surface area contributed by atoms with Crippen molar-refractivity contribution in [3.8, 4) is 22.3 Å². The highest BCUT2D eigenvalue weighted by molar-refractivity contribution is 7.90. The third-order valence-corrected chi connectivity index (χ3v) is 15.5. The van der Waals surface area contributed by atoms with Crippen molar-refractivity contribution in [2.45, 2.75) is 76.7 Å². The molecule has 16 heteroatoms. The van der Waals surface area contributed by atoms with E-state index >= 15 is 4.79 Å². The summed E-state index contributed by atoms with van der Waals surface area (Å²) in [6, 6.07) is 12.3. The predicted molar refractivity (Wildman–Crippen MR) is 226 cm³/mol. The Kier molecular flexibility index (Phi) is 10.6. The minimum absolute atomic E-state index is 0.0759. The van der Waals surface area contributed by atoms with Crippen molar-refractivity contribution in [3.05, 3.63) is 76.7 Å². The van der Waals surface area contributed by atoms with Crippen LogP contribution in [0.5, 0.6) is 11.6 Å². The van der Waals surface area contributed by atoms with Gasteiger partial charge in [-0.25, -0.2) is 23.4 Å². The number of likely N-dealkylation sites (tertiary alicyclic amines) is 1. The van der Waals surface area contributed by atoms with E-state index in [0.717, 1.165) is 31.3 Å². The fourth-order valence-corrected chi connectivity index (χ4v) is 11.3.